The van der Waals surface area contributed by atoms with E-state index in [-0.39, 0.29) is 0 Å². The van der Waals surface area contributed by atoms with Crippen LogP contribution in [0.25, 0.3) is 22.2 Å². The maximum Gasteiger partial charge on any atom is 0.414 e. The molecule has 4 nitrogen and oxygen atoms in total. The molecule has 0 aliphatic carbocycles. The van der Waals surface area contributed by atoms with Crippen LogP contribution in [0.2, 0.25) is 0 Å². The number of amides is 1. The number of carbonyl (C=O) groups excluding carboxylic acids is 1. The molecule has 0 N–H and O–H groups in total. The van der Waals surface area contributed by atoms with Crippen molar-refractivity contribution in [1.82, 2.24) is 9.88 Å². The molecule has 4 heteroatoms. The number of rotatable bonds is 2. The Morgan fingerprint density at radius 1 is 1.00 bits per heavy atom. The zero-order chi connectivity index (χ0) is 15.5. The van der Waals surface area contributed by atoms with Gasteiger partial charge in [-0.1, -0.05) is 42.5 Å². The van der Waals surface area contributed by atoms with Gasteiger partial charge >= 0.3 is 6.09 Å². The Morgan fingerprint density at radius 3 is 2.41 bits per heavy atom. The molecule has 0 radical (unpaired) electrons. The summed E-state index contributed by atoms with van der Waals surface area (Å²) in [5, 5.41) is 0.817. The van der Waals surface area contributed by atoms with Gasteiger partial charge in [-0.3, -0.25) is 0 Å². The van der Waals surface area contributed by atoms with Crippen LogP contribution in [0.1, 0.15) is 0 Å². The molecule has 2 aromatic carbocycles. The highest BCUT2D eigenvalue weighted by Gasteiger charge is 2.13. The first-order valence-corrected chi connectivity index (χ1v) is 6.99. The third-order valence-corrected chi connectivity index (χ3v) is 3.31. The molecule has 0 saturated heterocycles. The molecule has 0 fully saturated rings. The molecule has 0 aliphatic rings. The first-order chi connectivity index (χ1) is 10.6. The summed E-state index contributed by atoms with van der Waals surface area (Å²) in [4.78, 5) is 17.9. The van der Waals surface area contributed by atoms with E-state index in [0.717, 1.165) is 22.2 Å². The van der Waals surface area contributed by atoms with Gasteiger partial charge in [-0.15, -0.1) is 0 Å². The van der Waals surface area contributed by atoms with Gasteiger partial charge in [0.2, 0.25) is 0 Å². The summed E-state index contributed by atoms with van der Waals surface area (Å²) >= 11 is 0. The van der Waals surface area contributed by atoms with Crippen LogP contribution in [0.15, 0.2) is 60.7 Å². The molecule has 1 aromatic heterocycles. The van der Waals surface area contributed by atoms with E-state index in [1.807, 2.05) is 54.6 Å². The van der Waals surface area contributed by atoms with Crippen molar-refractivity contribution in [2.45, 2.75) is 0 Å². The van der Waals surface area contributed by atoms with Crippen LogP contribution in [0.4, 0.5) is 4.79 Å². The number of pyridine rings is 1. The lowest BCUT2D eigenvalue weighted by Gasteiger charge is -2.13. The third kappa shape index (κ3) is 2.76. The highest BCUT2D eigenvalue weighted by molar-refractivity contribution is 5.90. The lowest BCUT2D eigenvalue weighted by Crippen LogP contribution is -2.25. The second-order valence-electron chi connectivity index (χ2n) is 5.15. The molecule has 0 atom stereocenters. The molecule has 3 aromatic rings. The number of nitrogens with zero attached hydrogens (tertiary/aromatic N) is 2. The second kappa shape index (κ2) is 5.85. The molecule has 0 aliphatic heterocycles. The Balaban J connectivity index is 2.14. The van der Waals surface area contributed by atoms with Crippen LogP contribution in [0, 0.1) is 0 Å². The third-order valence-electron chi connectivity index (χ3n) is 3.31. The Hall–Kier alpha value is -2.88. The van der Waals surface area contributed by atoms with Gasteiger partial charge in [-0.25, -0.2) is 9.78 Å². The Morgan fingerprint density at radius 2 is 1.68 bits per heavy atom. The average molecular weight is 292 g/mol. The van der Waals surface area contributed by atoms with Crippen molar-refractivity contribution < 1.29 is 9.53 Å². The van der Waals surface area contributed by atoms with Gasteiger partial charge in [-0.05, 0) is 12.1 Å². The largest absolute Gasteiger partial charge is 0.414 e. The van der Waals surface area contributed by atoms with E-state index in [9.17, 15) is 4.79 Å². The molecule has 1 heterocycles. The average Bonchev–Trinajstić information content (AvgIpc) is 2.55. The number of fused-ring (bicyclic) bond motifs is 1. The number of hydrogen-bond acceptors (Lipinski definition) is 3. The van der Waals surface area contributed by atoms with Crippen LogP contribution in [0.3, 0.4) is 0 Å². The predicted octanol–water partition coefficient (Wildman–Crippen LogP) is 3.96. The van der Waals surface area contributed by atoms with Gasteiger partial charge in [0.25, 0.3) is 0 Å². The molecule has 0 spiro atoms. The van der Waals surface area contributed by atoms with Crippen molar-refractivity contribution >= 4 is 17.0 Å². The summed E-state index contributed by atoms with van der Waals surface area (Å²) < 4.78 is 5.50. The predicted molar refractivity (Wildman–Crippen MR) is 86.9 cm³/mol. The molecule has 22 heavy (non-hydrogen) atoms. The maximum absolute atomic E-state index is 11.9. The molecule has 110 valence electrons. The van der Waals surface area contributed by atoms with Crippen LogP contribution >= 0.6 is 0 Å². The topological polar surface area (TPSA) is 42.4 Å². The number of hydrogen-bond donors (Lipinski definition) is 0. The standard InChI is InChI=1S/C18H16N2O2/c1-20(2)18(21)22-17-12-16(13-8-4-3-5-9-13)19-15-11-7-6-10-14(15)17/h3-12H,1-2H3. The van der Waals surface area contributed by atoms with Crippen molar-refractivity contribution in [2.24, 2.45) is 0 Å². The summed E-state index contributed by atoms with van der Waals surface area (Å²) in [6.45, 7) is 0. The number of para-hydroxylation sites is 1. The zero-order valence-corrected chi connectivity index (χ0v) is 12.5. The Bertz CT molecular complexity index is 814. The van der Waals surface area contributed by atoms with Crippen molar-refractivity contribution in [3.63, 3.8) is 0 Å². The number of benzene rings is 2. The van der Waals surface area contributed by atoms with Gasteiger partial charge in [0.15, 0.2) is 0 Å². The SMILES string of the molecule is CN(C)C(=O)Oc1cc(-c2ccccc2)nc2ccccc12. The monoisotopic (exact) mass is 292 g/mol. The fraction of sp³-hybridized carbons (Fsp3) is 0.111. The van der Waals surface area contributed by atoms with E-state index in [0.29, 0.717) is 5.75 Å². The zero-order valence-electron chi connectivity index (χ0n) is 12.5. The Kier molecular flexibility index (Phi) is 3.74. The van der Waals surface area contributed by atoms with E-state index in [1.165, 1.54) is 4.90 Å². The van der Waals surface area contributed by atoms with Crippen LogP contribution in [0.5, 0.6) is 5.75 Å². The fourth-order valence-electron chi connectivity index (χ4n) is 2.17. The molecule has 0 saturated carbocycles. The number of aromatic nitrogens is 1. The molecular weight excluding hydrogens is 276 g/mol. The maximum atomic E-state index is 11.9. The highest BCUT2D eigenvalue weighted by atomic mass is 16.6. The minimum atomic E-state index is -0.407. The molecule has 1 amide bonds. The van der Waals surface area contributed by atoms with Crippen LogP contribution in [-0.2, 0) is 0 Å². The minimum Gasteiger partial charge on any atom is -0.409 e. The van der Waals surface area contributed by atoms with Crippen LogP contribution < -0.4 is 4.74 Å². The molecule has 0 bridgehead atoms. The van der Waals surface area contributed by atoms with Crippen molar-refractivity contribution in [3.8, 4) is 17.0 Å². The number of carbonyl (C=O) groups is 1. The van der Waals surface area contributed by atoms with Crippen molar-refractivity contribution in [3.05, 3.63) is 60.7 Å². The van der Waals surface area contributed by atoms with E-state index in [1.54, 1.807) is 20.2 Å². The number of ether oxygens (including phenoxy) is 1. The quantitative estimate of drug-likeness (QED) is 0.718. The summed E-state index contributed by atoms with van der Waals surface area (Å²) in [5.74, 6) is 0.517. The van der Waals surface area contributed by atoms with Gasteiger partial charge in [0.05, 0.1) is 11.2 Å². The first kappa shape index (κ1) is 14.1. The first-order valence-electron chi connectivity index (χ1n) is 6.99. The summed E-state index contributed by atoms with van der Waals surface area (Å²) in [7, 11) is 3.31. The van der Waals surface area contributed by atoms with Crippen molar-refractivity contribution in [2.75, 3.05) is 14.1 Å². The van der Waals surface area contributed by atoms with E-state index < -0.39 is 6.09 Å². The Labute approximate surface area is 129 Å². The van der Waals surface area contributed by atoms with Gasteiger partial charge in [-0.2, -0.15) is 0 Å². The molecule has 0 unspecified atom stereocenters. The van der Waals surface area contributed by atoms with E-state index in [4.69, 9.17) is 4.74 Å². The minimum absolute atomic E-state index is 0.407. The molecular formula is C18H16N2O2. The smallest absolute Gasteiger partial charge is 0.409 e. The van der Waals surface area contributed by atoms with Gasteiger partial charge in [0, 0.05) is 31.1 Å². The highest BCUT2D eigenvalue weighted by Crippen LogP contribution is 2.30. The normalized spacial score (nSPS) is 10.5. The summed E-state index contributed by atoms with van der Waals surface area (Å²) in [6.07, 6.45) is -0.407. The lowest BCUT2D eigenvalue weighted by molar-refractivity contribution is 0.172. The summed E-state index contributed by atoms with van der Waals surface area (Å²) in [6, 6.07) is 19.3. The van der Waals surface area contributed by atoms with Gasteiger partial charge in [0.1, 0.15) is 5.75 Å². The fourth-order valence-corrected chi connectivity index (χ4v) is 2.17. The van der Waals surface area contributed by atoms with Crippen LogP contribution in [-0.4, -0.2) is 30.1 Å². The van der Waals surface area contributed by atoms with Crippen molar-refractivity contribution in [1.29, 1.82) is 0 Å². The van der Waals surface area contributed by atoms with E-state index >= 15 is 0 Å². The van der Waals surface area contributed by atoms with Gasteiger partial charge < -0.3 is 9.64 Å². The van der Waals surface area contributed by atoms with E-state index in [2.05, 4.69) is 4.98 Å². The lowest BCUT2D eigenvalue weighted by atomic mass is 10.1. The second-order valence-corrected chi connectivity index (χ2v) is 5.15. The summed E-state index contributed by atoms with van der Waals surface area (Å²) in [5.41, 5.74) is 2.56. The molecule has 3 rings (SSSR count).